The maximum atomic E-state index is 11.5. The molecular formula is C9H10FNO4. The molecule has 0 heterocycles. The van der Waals surface area contributed by atoms with Crippen LogP contribution in [0.2, 0.25) is 0 Å². The molecule has 0 unspecified atom stereocenters. The molecule has 4 N–H and O–H groups in total. The first kappa shape index (κ1) is 11.3. The zero-order chi connectivity index (χ0) is 11.4. The first-order valence-electron chi connectivity index (χ1n) is 4.13. The van der Waals surface area contributed by atoms with Crippen LogP contribution in [0.5, 0.6) is 11.5 Å². The Bertz CT molecular complexity index is 369. The van der Waals surface area contributed by atoms with Crippen molar-refractivity contribution in [1.29, 1.82) is 0 Å². The Kier molecular flexibility index (Phi) is 3.46. The zero-order valence-corrected chi connectivity index (χ0v) is 7.68. The maximum absolute atomic E-state index is 11.5. The van der Waals surface area contributed by atoms with Gasteiger partial charge in [-0.15, -0.1) is 0 Å². The highest BCUT2D eigenvalue weighted by Gasteiger charge is 2.17. The summed E-state index contributed by atoms with van der Waals surface area (Å²) >= 11 is 0. The summed E-state index contributed by atoms with van der Waals surface area (Å²) in [6, 6.07) is 2.80. The topological polar surface area (TPSA) is 92.8 Å². The SMILES string of the molecule is N[C@@H](Cc1ccc(O)c(O)c1)C(=O)OF. The number of rotatable bonds is 3. The van der Waals surface area contributed by atoms with Crippen molar-refractivity contribution in [3.05, 3.63) is 23.8 Å². The normalized spacial score (nSPS) is 12.1. The first-order chi connectivity index (χ1) is 7.04. The predicted molar refractivity (Wildman–Crippen MR) is 48.7 cm³/mol. The number of phenolic OH excluding ortho intramolecular Hbond substituents is 2. The van der Waals surface area contributed by atoms with E-state index in [9.17, 15) is 9.32 Å². The van der Waals surface area contributed by atoms with Gasteiger partial charge in [-0.25, -0.2) is 4.79 Å². The Balaban J connectivity index is 2.73. The van der Waals surface area contributed by atoms with Gasteiger partial charge in [-0.1, -0.05) is 6.07 Å². The Morgan fingerprint density at radius 1 is 1.47 bits per heavy atom. The smallest absolute Gasteiger partial charge is 0.365 e. The lowest BCUT2D eigenvalue weighted by atomic mass is 10.1. The molecule has 0 aliphatic carbocycles. The molecule has 1 atom stereocenters. The lowest BCUT2D eigenvalue weighted by Crippen LogP contribution is -2.32. The summed E-state index contributed by atoms with van der Waals surface area (Å²) in [6.45, 7) is 0. The van der Waals surface area contributed by atoms with E-state index in [1.165, 1.54) is 18.2 Å². The molecule has 0 radical (unpaired) electrons. The molecule has 0 bridgehead atoms. The second kappa shape index (κ2) is 4.61. The molecule has 0 aromatic heterocycles. The molecule has 0 amide bonds. The van der Waals surface area contributed by atoms with Crippen molar-refractivity contribution in [2.75, 3.05) is 0 Å². The van der Waals surface area contributed by atoms with Crippen molar-refractivity contribution in [2.24, 2.45) is 5.73 Å². The van der Waals surface area contributed by atoms with E-state index in [-0.39, 0.29) is 17.9 Å². The molecule has 0 saturated carbocycles. The van der Waals surface area contributed by atoms with E-state index in [4.69, 9.17) is 15.9 Å². The van der Waals surface area contributed by atoms with Crippen molar-refractivity contribution in [3.63, 3.8) is 0 Å². The summed E-state index contributed by atoms with van der Waals surface area (Å²) in [6.07, 6.45) is 0.0105. The monoisotopic (exact) mass is 215 g/mol. The molecule has 1 aromatic rings. The molecule has 0 fully saturated rings. The van der Waals surface area contributed by atoms with Gasteiger partial charge in [-0.2, -0.15) is 0 Å². The Morgan fingerprint density at radius 2 is 2.13 bits per heavy atom. The number of aromatic hydroxyl groups is 2. The van der Waals surface area contributed by atoms with Crippen molar-refractivity contribution < 1.29 is 24.5 Å². The minimum atomic E-state index is -1.18. The summed E-state index contributed by atoms with van der Waals surface area (Å²) in [5, 5.41) is 18.1. The van der Waals surface area contributed by atoms with Crippen molar-refractivity contribution in [1.82, 2.24) is 0 Å². The number of carbonyl (C=O) groups is 1. The maximum Gasteiger partial charge on any atom is 0.365 e. The largest absolute Gasteiger partial charge is 0.504 e. The number of hydrogen-bond donors (Lipinski definition) is 3. The third-order valence-corrected chi connectivity index (χ3v) is 1.87. The standard InChI is InChI=1S/C9H10FNO4/c10-15-9(14)6(11)3-5-1-2-7(12)8(13)4-5/h1-2,4,6,12-13H,3,11H2/t6-/m0/s1. The lowest BCUT2D eigenvalue weighted by Gasteiger charge is -2.07. The number of nitrogens with two attached hydrogens (primary N) is 1. The van der Waals surface area contributed by atoms with E-state index in [1.54, 1.807) is 0 Å². The van der Waals surface area contributed by atoms with E-state index >= 15 is 0 Å². The van der Waals surface area contributed by atoms with Gasteiger partial charge in [0.2, 0.25) is 0 Å². The first-order valence-corrected chi connectivity index (χ1v) is 4.13. The number of hydrogen-bond acceptors (Lipinski definition) is 5. The van der Waals surface area contributed by atoms with Gasteiger partial charge < -0.3 is 15.9 Å². The Hall–Kier alpha value is -1.82. The molecule has 0 aliphatic rings. The zero-order valence-electron chi connectivity index (χ0n) is 7.68. The average Bonchev–Trinajstić information content (AvgIpc) is 2.22. The van der Waals surface area contributed by atoms with Gasteiger partial charge in [0.1, 0.15) is 6.04 Å². The molecule has 0 aliphatic heterocycles. The van der Waals surface area contributed by atoms with Gasteiger partial charge in [-0.3, -0.25) is 4.94 Å². The predicted octanol–water partition coefficient (Wildman–Crippen LogP) is 0.395. The second-order valence-electron chi connectivity index (χ2n) is 3.03. The summed E-state index contributed by atoms with van der Waals surface area (Å²) < 4.78 is 11.5. The van der Waals surface area contributed by atoms with Gasteiger partial charge >= 0.3 is 5.97 Å². The molecular weight excluding hydrogens is 205 g/mol. The van der Waals surface area contributed by atoms with Crippen molar-refractivity contribution in [3.8, 4) is 11.5 Å². The fourth-order valence-corrected chi connectivity index (χ4v) is 1.09. The third kappa shape index (κ3) is 2.81. The number of carbonyl (C=O) groups excluding carboxylic acids is 1. The molecule has 0 saturated heterocycles. The van der Waals surface area contributed by atoms with E-state index in [0.717, 1.165) is 0 Å². The average molecular weight is 215 g/mol. The molecule has 0 spiro atoms. The van der Waals surface area contributed by atoms with Gasteiger partial charge in [0.05, 0.1) is 0 Å². The van der Waals surface area contributed by atoms with E-state index in [0.29, 0.717) is 5.56 Å². The Morgan fingerprint density at radius 3 is 2.67 bits per heavy atom. The molecule has 1 rings (SSSR count). The van der Waals surface area contributed by atoms with Gasteiger partial charge in [0.15, 0.2) is 11.5 Å². The van der Waals surface area contributed by atoms with Crippen LogP contribution in [0.25, 0.3) is 0 Å². The van der Waals surface area contributed by atoms with Crippen LogP contribution in [0.1, 0.15) is 5.56 Å². The highest BCUT2D eigenvalue weighted by molar-refractivity contribution is 5.75. The van der Waals surface area contributed by atoms with E-state index in [1.807, 2.05) is 0 Å². The number of benzene rings is 1. The lowest BCUT2D eigenvalue weighted by molar-refractivity contribution is -0.185. The third-order valence-electron chi connectivity index (χ3n) is 1.87. The molecule has 1 aromatic carbocycles. The molecule has 82 valence electrons. The van der Waals surface area contributed by atoms with Crippen LogP contribution in [0.3, 0.4) is 0 Å². The van der Waals surface area contributed by atoms with Gasteiger partial charge in [-0.05, 0) is 24.1 Å². The summed E-state index contributed by atoms with van der Waals surface area (Å²) in [7, 11) is 0. The quantitative estimate of drug-likeness (QED) is 0.634. The van der Waals surface area contributed by atoms with Crippen LogP contribution in [-0.4, -0.2) is 22.2 Å². The summed E-state index contributed by atoms with van der Waals surface area (Å²) in [5.74, 6) is -1.78. The van der Waals surface area contributed by atoms with E-state index in [2.05, 4.69) is 4.94 Å². The van der Waals surface area contributed by atoms with Crippen LogP contribution < -0.4 is 5.73 Å². The highest BCUT2D eigenvalue weighted by atomic mass is 19.3. The fraction of sp³-hybridized carbons (Fsp3) is 0.222. The second-order valence-corrected chi connectivity index (χ2v) is 3.03. The van der Waals surface area contributed by atoms with Gasteiger partial charge in [0.25, 0.3) is 0 Å². The Labute approximate surface area is 84.8 Å². The number of phenols is 2. The highest BCUT2D eigenvalue weighted by Crippen LogP contribution is 2.25. The van der Waals surface area contributed by atoms with Crippen LogP contribution in [0.4, 0.5) is 4.53 Å². The molecule has 5 nitrogen and oxygen atoms in total. The number of halogens is 1. The summed E-state index contributed by atoms with van der Waals surface area (Å²) in [4.78, 5) is 13.6. The van der Waals surface area contributed by atoms with Gasteiger partial charge in [0, 0.05) is 4.53 Å². The molecule has 6 heteroatoms. The van der Waals surface area contributed by atoms with E-state index < -0.39 is 12.0 Å². The van der Waals surface area contributed by atoms with Crippen LogP contribution in [-0.2, 0) is 16.2 Å². The molecule has 15 heavy (non-hydrogen) atoms. The fourth-order valence-electron chi connectivity index (χ4n) is 1.09. The van der Waals surface area contributed by atoms with Crippen LogP contribution in [0.15, 0.2) is 18.2 Å². The minimum absolute atomic E-state index is 0.0105. The van der Waals surface area contributed by atoms with Crippen LogP contribution >= 0.6 is 0 Å². The minimum Gasteiger partial charge on any atom is -0.504 e. The van der Waals surface area contributed by atoms with Crippen molar-refractivity contribution in [2.45, 2.75) is 12.5 Å². The summed E-state index contributed by atoms with van der Waals surface area (Å²) in [5.41, 5.74) is 5.78. The van der Waals surface area contributed by atoms with Crippen molar-refractivity contribution >= 4 is 5.97 Å². The van der Waals surface area contributed by atoms with Crippen LogP contribution in [0, 0.1) is 0 Å².